The molecule has 0 saturated heterocycles. The maximum atomic E-state index is 10.6. The van der Waals surface area contributed by atoms with E-state index in [0.29, 0.717) is 6.04 Å². The fraction of sp³-hybridized carbons (Fsp3) is 0.500. The molecule has 108 valence electrons. The van der Waals surface area contributed by atoms with Gasteiger partial charge in [-0.05, 0) is 38.2 Å². The van der Waals surface area contributed by atoms with Crippen molar-refractivity contribution < 1.29 is 10.1 Å². The molecule has 0 bridgehead atoms. The second-order valence-corrected chi connectivity index (χ2v) is 5.18. The first-order chi connectivity index (χ1) is 9.60. The highest BCUT2D eigenvalue weighted by molar-refractivity contribution is 5.84. The molecule has 1 saturated carbocycles. The van der Waals surface area contributed by atoms with Crippen LogP contribution in [0, 0.1) is 10.1 Å². The van der Waals surface area contributed by atoms with E-state index in [2.05, 4.69) is 17.4 Å². The van der Waals surface area contributed by atoms with Crippen molar-refractivity contribution in [2.75, 3.05) is 0 Å². The minimum absolute atomic E-state index is 0.113. The van der Waals surface area contributed by atoms with Crippen molar-refractivity contribution in [3.63, 3.8) is 0 Å². The van der Waals surface area contributed by atoms with Gasteiger partial charge < -0.3 is 10.5 Å². The van der Waals surface area contributed by atoms with E-state index in [0.717, 1.165) is 37.0 Å². The molecule has 6 nitrogen and oxygen atoms in total. The molecule has 0 aliphatic heterocycles. The number of nitro groups is 1. The van der Waals surface area contributed by atoms with Crippen molar-refractivity contribution in [3.05, 3.63) is 39.9 Å². The summed E-state index contributed by atoms with van der Waals surface area (Å²) in [5.74, 6) is 0. The van der Waals surface area contributed by atoms with Crippen molar-refractivity contribution in [2.24, 2.45) is 5.16 Å². The second-order valence-electron chi connectivity index (χ2n) is 5.18. The lowest BCUT2D eigenvalue weighted by Crippen LogP contribution is -2.35. The molecule has 20 heavy (non-hydrogen) atoms. The molecule has 1 aromatic carbocycles. The highest BCUT2D eigenvalue weighted by Gasteiger charge is 2.20. The Morgan fingerprint density at radius 2 is 1.95 bits per heavy atom. The van der Waals surface area contributed by atoms with Gasteiger partial charge in [-0.15, -0.1) is 0 Å². The van der Waals surface area contributed by atoms with E-state index in [9.17, 15) is 10.1 Å². The van der Waals surface area contributed by atoms with Gasteiger partial charge in [-0.2, -0.15) is 0 Å². The van der Waals surface area contributed by atoms with Crippen LogP contribution in [0.1, 0.15) is 44.2 Å². The van der Waals surface area contributed by atoms with Crippen LogP contribution >= 0.6 is 0 Å². The summed E-state index contributed by atoms with van der Waals surface area (Å²) in [5, 5.41) is 26.1. The molecule has 0 heterocycles. The smallest absolute Gasteiger partial charge is 0.269 e. The fourth-order valence-corrected chi connectivity index (χ4v) is 2.55. The van der Waals surface area contributed by atoms with Crippen molar-refractivity contribution in [1.29, 1.82) is 0 Å². The van der Waals surface area contributed by atoms with Crippen LogP contribution in [0.5, 0.6) is 0 Å². The summed E-state index contributed by atoms with van der Waals surface area (Å²) in [6, 6.07) is 7.19. The lowest BCUT2D eigenvalue weighted by atomic mass is 9.92. The molecule has 1 atom stereocenters. The highest BCUT2D eigenvalue weighted by Crippen LogP contribution is 2.22. The van der Waals surface area contributed by atoms with Gasteiger partial charge in [-0.25, -0.2) is 0 Å². The van der Waals surface area contributed by atoms with Crippen LogP contribution in [0.4, 0.5) is 5.69 Å². The normalized spacial score (nSPS) is 20.4. The zero-order valence-corrected chi connectivity index (χ0v) is 11.5. The molecule has 6 heteroatoms. The van der Waals surface area contributed by atoms with Gasteiger partial charge in [0.15, 0.2) is 0 Å². The van der Waals surface area contributed by atoms with Crippen molar-refractivity contribution in [3.8, 4) is 0 Å². The Morgan fingerprint density at radius 1 is 1.35 bits per heavy atom. The van der Waals surface area contributed by atoms with Gasteiger partial charge in [-0.1, -0.05) is 17.3 Å². The Hall–Kier alpha value is -1.95. The maximum absolute atomic E-state index is 10.6. The number of hydrogen-bond donors (Lipinski definition) is 2. The van der Waals surface area contributed by atoms with E-state index < -0.39 is 4.92 Å². The van der Waals surface area contributed by atoms with Gasteiger partial charge in [-0.3, -0.25) is 10.1 Å². The molecule has 0 spiro atoms. The minimum Gasteiger partial charge on any atom is -0.411 e. The third-order valence-electron chi connectivity index (χ3n) is 3.79. The van der Waals surface area contributed by atoms with Gasteiger partial charge in [0, 0.05) is 24.2 Å². The average Bonchev–Trinajstić information content (AvgIpc) is 2.48. The quantitative estimate of drug-likeness (QED) is 0.503. The van der Waals surface area contributed by atoms with Crippen LogP contribution in [0.3, 0.4) is 0 Å². The molecule has 1 aliphatic rings. The van der Waals surface area contributed by atoms with E-state index in [1.165, 1.54) is 12.1 Å². The summed E-state index contributed by atoms with van der Waals surface area (Å²) < 4.78 is 0. The van der Waals surface area contributed by atoms with E-state index in [1.54, 1.807) is 12.1 Å². The molecular formula is C14H19N3O3. The first-order valence-electron chi connectivity index (χ1n) is 6.80. The number of oxime groups is 1. The fourth-order valence-electron chi connectivity index (χ4n) is 2.55. The number of non-ortho nitro benzene ring substituents is 1. The van der Waals surface area contributed by atoms with Gasteiger partial charge in [0.1, 0.15) is 0 Å². The number of nitrogens with zero attached hydrogens (tertiary/aromatic N) is 2. The number of nitro benzene ring substituents is 1. The summed E-state index contributed by atoms with van der Waals surface area (Å²) in [6.07, 6.45) is 3.55. The lowest BCUT2D eigenvalue weighted by Gasteiger charge is -2.27. The second kappa shape index (κ2) is 6.47. The monoisotopic (exact) mass is 277 g/mol. The molecule has 2 N–H and O–H groups in total. The summed E-state index contributed by atoms with van der Waals surface area (Å²) in [7, 11) is 0. The summed E-state index contributed by atoms with van der Waals surface area (Å²) >= 11 is 0. The molecule has 0 unspecified atom stereocenters. The van der Waals surface area contributed by atoms with Crippen LogP contribution in [0.2, 0.25) is 0 Å². The Balaban J connectivity index is 1.91. The van der Waals surface area contributed by atoms with Gasteiger partial charge in [0.05, 0.1) is 10.6 Å². The zero-order valence-electron chi connectivity index (χ0n) is 11.5. The van der Waals surface area contributed by atoms with Crippen LogP contribution in [0.25, 0.3) is 0 Å². The van der Waals surface area contributed by atoms with Crippen LogP contribution in [0.15, 0.2) is 29.4 Å². The number of benzene rings is 1. The Labute approximate surface area is 117 Å². The maximum Gasteiger partial charge on any atom is 0.269 e. The van der Waals surface area contributed by atoms with Crippen molar-refractivity contribution in [1.82, 2.24) is 5.32 Å². The van der Waals surface area contributed by atoms with Gasteiger partial charge >= 0.3 is 0 Å². The third-order valence-corrected chi connectivity index (χ3v) is 3.79. The molecule has 1 fully saturated rings. The number of nitrogens with one attached hydrogen (secondary N) is 1. The van der Waals surface area contributed by atoms with E-state index in [4.69, 9.17) is 5.21 Å². The van der Waals surface area contributed by atoms with Crippen LogP contribution in [-0.2, 0) is 0 Å². The summed E-state index contributed by atoms with van der Waals surface area (Å²) in [5.41, 5.74) is 2.02. The van der Waals surface area contributed by atoms with Crippen molar-refractivity contribution >= 4 is 11.4 Å². The van der Waals surface area contributed by atoms with Gasteiger partial charge in [0.2, 0.25) is 0 Å². The number of rotatable bonds is 4. The molecule has 0 aromatic heterocycles. The predicted octanol–water partition coefficient (Wildman–Crippen LogP) is 3.02. The predicted molar refractivity (Wildman–Crippen MR) is 76.1 cm³/mol. The minimum atomic E-state index is -0.390. The number of hydrogen-bond acceptors (Lipinski definition) is 5. The molecule has 0 radical (unpaired) electrons. The molecule has 1 aliphatic carbocycles. The first kappa shape index (κ1) is 14.5. The molecule has 2 rings (SSSR count). The van der Waals surface area contributed by atoms with E-state index in [-0.39, 0.29) is 11.7 Å². The van der Waals surface area contributed by atoms with Crippen molar-refractivity contribution in [2.45, 2.75) is 44.7 Å². The lowest BCUT2D eigenvalue weighted by molar-refractivity contribution is -0.384. The third kappa shape index (κ3) is 3.54. The summed E-state index contributed by atoms with van der Waals surface area (Å²) in [4.78, 5) is 10.2. The Kier molecular flexibility index (Phi) is 4.68. The average molecular weight is 277 g/mol. The van der Waals surface area contributed by atoms with E-state index >= 15 is 0 Å². The largest absolute Gasteiger partial charge is 0.411 e. The molecular weight excluding hydrogens is 258 g/mol. The van der Waals surface area contributed by atoms with Crippen LogP contribution in [-0.4, -0.2) is 21.9 Å². The molecule has 1 aromatic rings. The van der Waals surface area contributed by atoms with E-state index in [1.807, 2.05) is 0 Å². The first-order valence-corrected chi connectivity index (χ1v) is 6.80. The Bertz CT molecular complexity index is 489. The topological polar surface area (TPSA) is 87.8 Å². The standard InChI is InChI=1S/C14H19N3O3/c1-10(11-2-8-14(9-3-11)17(19)20)15-12-4-6-13(16-18)7-5-12/h2-3,8-10,12,15,18H,4-7H2,1H3/t10-,12?/m1/s1. The Morgan fingerprint density at radius 3 is 2.45 bits per heavy atom. The zero-order chi connectivity index (χ0) is 14.5. The highest BCUT2D eigenvalue weighted by atomic mass is 16.6. The molecule has 0 amide bonds. The SMILES string of the molecule is C[C@@H](NC1CCC(=NO)CC1)c1ccc([N+](=O)[O-])cc1. The van der Waals surface area contributed by atoms with Gasteiger partial charge in [0.25, 0.3) is 5.69 Å². The summed E-state index contributed by atoms with van der Waals surface area (Å²) in [6.45, 7) is 2.05. The van der Waals surface area contributed by atoms with Crippen LogP contribution < -0.4 is 5.32 Å².